The van der Waals surface area contributed by atoms with E-state index >= 15 is 0 Å². The molecule has 4 heterocycles. The summed E-state index contributed by atoms with van der Waals surface area (Å²) in [6.07, 6.45) is 3.42. The molecular formula is C26H33N6O7+. The summed E-state index contributed by atoms with van der Waals surface area (Å²) in [5.41, 5.74) is 0.405. The van der Waals surface area contributed by atoms with Crippen LogP contribution in [0, 0.1) is 5.92 Å². The lowest BCUT2D eigenvalue weighted by molar-refractivity contribution is -0.208. The number of aliphatic hydroxyl groups is 3. The molecule has 2 aromatic rings. The number of carbonyl (C=O) groups excluding carboxylic acids is 4. The molecule has 2 aliphatic rings. The van der Waals surface area contributed by atoms with Crippen molar-refractivity contribution in [3.8, 4) is 5.75 Å². The lowest BCUT2D eigenvalue weighted by atomic mass is 9.91. The Morgan fingerprint density at radius 2 is 1.82 bits per heavy atom. The summed E-state index contributed by atoms with van der Waals surface area (Å²) < 4.78 is 4.29. The van der Waals surface area contributed by atoms with Crippen LogP contribution in [0.5, 0.6) is 5.75 Å². The van der Waals surface area contributed by atoms with Crippen molar-refractivity contribution >= 4 is 23.6 Å². The van der Waals surface area contributed by atoms with Crippen LogP contribution in [0.1, 0.15) is 36.3 Å². The minimum atomic E-state index is -1.35. The van der Waals surface area contributed by atoms with Crippen LogP contribution in [-0.4, -0.2) is 91.5 Å². The van der Waals surface area contributed by atoms with Gasteiger partial charge in [-0.25, -0.2) is 4.98 Å². The summed E-state index contributed by atoms with van der Waals surface area (Å²) in [4.78, 5) is 60.9. The fourth-order valence-corrected chi connectivity index (χ4v) is 4.57. The van der Waals surface area contributed by atoms with Gasteiger partial charge in [0.1, 0.15) is 11.8 Å². The van der Waals surface area contributed by atoms with Gasteiger partial charge in [-0.3, -0.25) is 24.2 Å². The Labute approximate surface area is 224 Å². The molecule has 0 radical (unpaired) electrons. The van der Waals surface area contributed by atoms with E-state index in [4.69, 9.17) is 0 Å². The molecule has 7 atom stereocenters. The van der Waals surface area contributed by atoms with Crippen molar-refractivity contribution in [2.75, 3.05) is 6.61 Å². The van der Waals surface area contributed by atoms with Crippen molar-refractivity contribution in [1.29, 1.82) is 0 Å². The molecule has 39 heavy (non-hydrogen) atoms. The number of hydrogen-bond donors (Lipinski definition) is 6. The zero-order chi connectivity index (χ0) is 28.1. The molecular weight excluding hydrogens is 508 g/mol. The molecule has 4 amide bonds. The van der Waals surface area contributed by atoms with Gasteiger partial charge in [-0.1, -0.05) is 13.0 Å². The summed E-state index contributed by atoms with van der Waals surface area (Å²) in [6.45, 7) is 3.59. The molecule has 13 nitrogen and oxygen atoms in total. The summed E-state index contributed by atoms with van der Waals surface area (Å²) in [7, 11) is 0. The lowest BCUT2D eigenvalue weighted by Gasteiger charge is -2.35. The van der Waals surface area contributed by atoms with Crippen molar-refractivity contribution in [3.63, 3.8) is 0 Å². The number of amides is 4. The second kappa shape index (κ2) is 12.2. The van der Waals surface area contributed by atoms with E-state index in [-0.39, 0.29) is 17.9 Å². The SMILES string of the molecule is C[C@H]1NC(=O)C(C2CC[OH+]2)NC(=O)[C@H](C)[C@H](O)[C@H](Cc2cccnc2)NC(=O)[C@H]1NC(=O)c1ncccc1O. The van der Waals surface area contributed by atoms with E-state index in [0.29, 0.717) is 18.6 Å². The first kappa shape index (κ1) is 27.9. The maximum absolute atomic E-state index is 13.6. The highest BCUT2D eigenvalue weighted by Crippen LogP contribution is 2.18. The zero-order valence-corrected chi connectivity index (χ0v) is 21.6. The molecule has 2 fully saturated rings. The van der Waals surface area contributed by atoms with Gasteiger partial charge in [0, 0.05) is 18.6 Å². The minimum absolute atomic E-state index is 0.141. The third kappa shape index (κ3) is 6.49. The van der Waals surface area contributed by atoms with E-state index in [1.807, 2.05) is 0 Å². The number of aromatic nitrogens is 2. The maximum atomic E-state index is 13.6. The number of rotatable bonds is 5. The number of hydrogen-bond acceptors (Lipinski definition) is 8. The highest BCUT2D eigenvalue weighted by molar-refractivity contribution is 5.98. The number of ether oxygens (including phenoxy) is 1. The fraction of sp³-hybridized carbons (Fsp3) is 0.462. The van der Waals surface area contributed by atoms with E-state index in [0.717, 1.165) is 0 Å². The monoisotopic (exact) mass is 541 g/mol. The van der Waals surface area contributed by atoms with Crippen LogP contribution < -0.4 is 21.3 Å². The Morgan fingerprint density at radius 1 is 1.08 bits per heavy atom. The number of carbonyl (C=O) groups is 4. The molecule has 7 N–H and O–H groups in total. The Morgan fingerprint density at radius 3 is 2.46 bits per heavy atom. The number of aromatic hydroxyl groups is 1. The number of pyridine rings is 2. The molecule has 208 valence electrons. The van der Waals surface area contributed by atoms with Crippen molar-refractivity contribution in [1.82, 2.24) is 31.2 Å². The van der Waals surface area contributed by atoms with Crippen LogP contribution in [0.2, 0.25) is 0 Å². The van der Waals surface area contributed by atoms with E-state index in [9.17, 15) is 29.4 Å². The first-order valence-electron chi connectivity index (χ1n) is 12.7. The highest BCUT2D eigenvalue weighted by atomic mass is 16.5. The van der Waals surface area contributed by atoms with Crippen LogP contribution in [-0.2, 0) is 20.8 Å². The van der Waals surface area contributed by atoms with Gasteiger partial charge < -0.3 is 36.2 Å². The Kier molecular flexibility index (Phi) is 8.72. The predicted molar refractivity (Wildman–Crippen MR) is 137 cm³/mol. The average Bonchev–Trinajstić information content (AvgIpc) is 2.89. The van der Waals surface area contributed by atoms with E-state index in [1.165, 1.54) is 32.2 Å². The number of nitrogens with zero attached hydrogens (tertiary/aromatic N) is 2. The fourth-order valence-electron chi connectivity index (χ4n) is 4.57. The molecule has 2 unspecified atom stereocenters. The first-order valence-corrected chi connectivity index (χ1v) is 12.7. The zero-order valence-electron chi connectivity index (χ0n) is 21.6. The summed E-state index contributed by atoms with van der Waals surface area (Å²) >= 11 is 0. The largest absolute Gasteiger partial charge is 0.505 e. The Balaban J connectivity index is 1.67. The molecule has 2 saturated heterocycles. The van der Waals surface area contributed by atoms with E-state index < -0.39 is 65.9 Å². The molecule has 4 rings (SSSR count). The molecule has 0 aliphatic carbocycles. The van der Waals surface area contributed by atoms with E-state index in [2.05, 4.69) is 36.0 Å². The molecule has 2 aromatic heterocycles. The third-order valence-electron chi connectivity index (χ3n) is 7.04. The van der Waals surface area contributed by atoms with Gasteiger partial charge in [0.15, 0.2) is 24.4 Å². The molecule has 13 heteroatoms. The molecule has 0 aromatic carbocycles. The lowest BCUT2D eigenvalue weighted by Crippen LogP contribution is -2.66. The van der Waals surface area contributed by atoms with Gasteiger partial charge in [0.05, 0.1) is 30.5 Å². The third-order valence-corrected chi connectivity index (χ3v) is 7.04. The standard InChI is InChI=1S/C26H32N6O7/c1-13-22(34)16(11-15-5-3-8-27-12-15)30-24(36)19(31-25(37)20-17(33)6-4-9-28-20)14(2)29-26(38)21(32-23(13)35)18-7-10-39-18/h3-6,8-9,12-14,16,18-19,21-22,33-34H,7,10-11H2,1-2H3,(H,29,38)(H,30,36)(H,31,37)(H,32,35)/p+1/t13-,14-,16+,18?,19+,21?,22+/m1/s1. The van der Waals surface area contributed by atoms with Gasteiger partial charge in [-0.05, 0) is 37.1 Å². The summed E-state index contributed by atoms with van der Waals surface area (Å²) in [5.74, 6) is -4.06. The van der Waals surface area contributed by atoms with E-state index in [1.54, 1.807) is 24.5 Å². The van der Waals surface area contributed by atoms with Crippen molar-refractivity contribution < 1.29 is 34.1 Å². The normalized spacial score (nSPS) is 29.9. The smallest absolute Gasteiger partial charge is 0.274 e. The maximum Gasteiger partial charge on any atom is 0.274 e. The average molecular weight is 542 g/mol. The van der Waals surface area contributed by atoms with Crippen LogP contribution in [0.15, 0.2) is 42.9 Å². The van der Waals surface area contributed by atoms with Gasteiger partial charge >= 0.3 is 0 Å². The van der Waals surface area contributed by atoms with Crippen LogP contribution in [0.3, 0.4) is 0 Å². The minimum Gasteiger partial charge on any atom is -0.505 e. The summed E-state index contributed by atoms with van der Waals surface area (Å²) in [5, 5.41) is 32.0. The number of nitrogens with one attached hydrogen (secondary N) is 4. The first-order chi connectivity index (χ1) is 18.7. The quantitative estimate of drug-likeness (QED) is 0.241. The second-order valence-electron chi connectivity index (χ2n) is 9.83. The molecule has 2 aliphatic heterocycles. The van der Waals surface area contributed by atoms with Gasteiger partial charge in [0.2, 0.25) is 11.8 Å². The van der Waals surface area contributed by atoms with Gasteiger partial charge in [-0.15, -0.1) is 0 Å². The Bertz CT molecular complexity index is 1210. The molecule has 0 bridgehead atoms. The van der Waals surface area contributed by atoms with Crippen molar-refractivity contribution in [3.05, 3.63) is 54.1 Å². The molecule has 0 spiro atoms. The Hall–Kier alpha value is -4.10. The second-order valence-corrected chi connectivity index (χ2v) is 9.83. The van der Waals surface area contributed by atoms with Crippen LogP contribution >= 0.6 is 0 Å². The topological polar surface area (TPSA) is 195 Å². The van der Waals surface area contributed by atoms with Crippen molar-refractivity contribution in [2.24, 2.45) is 5.92 Å². The van der Waals surface area contributed by atoms with Crippen molar-refractivity contribution in [2.45, 2.75) is 63.1 Å². The molecule has 0 saturated carbocycles. The highest BCUT2D eigenvalue weighted by Gasteiger charge is 2.44. The van der Waals surface area contributed by atoms with Gasteiger partial charge in [0.25, 0.3) is 11.8 Å². The predicted octanol–water partition coefficient (Wildman–Crippen LogP) is -1.69. The number of aliphatic hydroxyl groups excluding tert-OH is 1. The van der Waals surface area contributed by atoms with Crippen LogP contribution in [0.25, 0.3) is 0 Å². The van der Waals surface area contributed by atoms with Gasteiger partial charge in [-0.2, -0.15) is 0 Å². The van der Waals surface area contributed by atoms with Crippen LogP contribution in [0.4, 0.5) is 0 Å². The summed E-state index contributed by atoms with van der Waals surface area (Å²) in [6, 6.07) is 1.97.